The van der Waals surface area contributed by atoms with Crippen LogP contribution in [0.3, 0.4) is 0 Å². The third-order valence-corrected chi connectivity index (χ3v) is 6.29. The van der Waals surface area contributed by atoms with Crippen molar-refractivity contribution in [2.75, 3.05) is 27.9 Å². The highest BCUT2D eigenvalue weighted by Crippen LogP contribution is 2.21. The van der Waals surface area contributed by atoms with Gasteiger partial charge in [-0.3, -0.25) is 9.35 Å². The quantitative estimate of drug-likeness (QED) is 0.0669. The molecule has 10 nitrogen and oxygen atoms in total. The molecule has 0 aromatic carbocycles. The fraction of sp³-hybridized carbons (Fsp3) is 0.800. The van der Waals surface area contributed by atoms with Gasteiger partial charge in [-0.25, -0.2) is 13.8 Å². The van der Waals surface area contributed by atoms with Crippen LogP contribution in [-0.2, 0) is 43.2 Å². The molecule has 0 saturated carbocycles. The fourth-order valence-corrected chi connectivity index (χ4v) is 4.16. The van der Waals surface area contributed by atoms with Crippen molar-refractivity contribution in [1.29, 1.82) is 0 Å². The molecule has 0 fully saturated rings. The molecule has 36 heavy (non-hydrogen) atoms. The lowest BCUT2D eigenvalue weighted by Crippen LogP contribution is -2.18. The Morgan fingerprint density at radius 1 is 0.583 bits per heavy atom. The molecular formula is C25H44O10S. The van der Waals surface area contributed by atoms with E-state index in [-0.39, 0.29) is 24.2 Å². The van der Waals surface area contributed by atoms with Gasteiger partial charge in [0.25, 0.3) is 0 Å². The van der Waals surface area contributed by atoms with Crippen LogP contribution in [0.5, 0.6) is 0 Å². The van der Waals surface area contributed by atoms with E-state index in [9.17, 15) is 22.8 Å². The van der Waals surface area contributed by atoms with Gasteiger partial charge in [0.1, 0.15) is 0 Å². The molecule has 0 radical (unpaired) electrons. The number of carbonyl (C=O) groups is 3. The molecule has 210 valence electrons. The first-order valence-electron chi connectivity index (χ1n) is 12.7. The van der Waals surface area contributed by atoms with Crippen molar-refractivity contribution in [1.82, 2.24) is 0 Å². The second-order valence-corrected chi connectivity index (χ2v) is 9.73. The van der Waals surface area contributed by atoms with Crippen LogP contribution in [0.25, 0.3) is 0 Å². The van der Waals surface area contributed by atoms with Gasteiger partial charge in [0.2, 0.25) is 0 Å². The largest absolute Gasteiger partial charge is 0.469 e. The molecule has 0 bridgehead atoms. The summed E-state index contributed by atoms with van der Waals surface area (Å²) in [4.78, 5) is 36.0. The van der Waals surface area contributed by atoms with Gasteiger partial charge >= 0.3 is 28.3 Å². The first-order valence-corrected chi connectivity index (χ1v) is 14.1. The van der Waals surface area contributed by atoms with Gasteiger partial charge in [-0.1, -0.05) is 77.0 Å². The smallest absolute Gasteiger partial charge is 0.397 e. The van der Waals surface area contributed by atoms with Crippen molar-refractivity contribution in [3.8, 4) is 0 Å². The van der Waals surface area contributed by atoms with Crippen LogP contribution >= 0.6 is 0 Å². The molecule has 0 unspecified atom stereocenters. The number of unbranched alkanes of at least 4 members (excludes halogenated alkanes) is 13. The van der Waals surface area contributed by atoms with Crippen LogP contribution in [0.1, 0.15) is 103 Å². The van der Waals surface area contributed by atoms with E-state index in [0.717, 1.165) is 44.9 Å². The molecule has 0 atom stereocenters. The number of carbonyl (C=O) groups excluding carboxylic acids is 3. The second kappa shape index (κ2) is 21.1. The van der Waals surface area contributed by atoms with E-state index in [1.807, 2.05) is 0 Å². The first kappa shape index (κ1) is 34.0. The Morgan fingerprint density at radius 3 is 1.36 bits per heavy atom. The summed E-state index contributed by atoms with van der Waals surface area (Å²) in [5.74, 6) is -1.99. The van der Waals surface area contributed by atoms with E-state index >= 15 is 0 Å². The topological polar surface area (TPSA) is 142 Å². The molecule has 0 saturated heterocycles. The minimum absolute atomic E-state index is 0.0117. The highest BCUT2D eigenvalue weighted by molar-refractivity contribution is 7.80. The summed E-state index contributed by atoms with van der Waals surface area (Å²) in [6, 6.07) is 0. The summed E-state index contributed by atoms with van der Waals surface area (Å²) in [6.07, 6.45) is 14.5. The lowest BCUT2D eigenvalue weighted by atomic mass is 9.98. The Balaban J connectivity index is 3.96. The Hall–Kier alpha value is -1.98. The van der Waals surface area contributed by atoms with Gasteiger partial charge in [-0.2, -0.15) is 8.42 Å². The third kappa shape index (κ3) is 18.3. The molecule has 0 amide bonds. The van der Waals surface area contributed by atoms with Gasteiger partial charge in [-0.05, 0) is 19.3 Å². The van der Waals surface area contributed by atoms with Crippen LogP contribution in [0.4, 0.5) is 0 Å². The van der Waals surface area contributed by atoms with Crippen molar-refractivity contribution >= 4 is 28.3 Å². The summed E-state index contributed by atoms with van der Waals surface area (Å²) in [5, 5.41) is 0. The summed E-state index contributed by atoms with van der Waals surface area (Å²) in [7, 11) is -0.658. The first-order chi connectivity index (χ1) is 17.2. The van der Waals surface area contributed by atoms with E-state index in [4.69, 9.17) is 14.0 Å². The molecule has 0 aliphatic heterocycles. The third-order valence-electron chi connectivity index (χ3n) is 5.83. The minimum Gasteiger partial charge on any atom is -0.469 e. The molecule has 0 aliphatic carbocycles. The Bertz CT molecular complexity index is 774. The number of hydrogen-bond acceptors (Lipinski definition) is 9. The average Bonchev–Trinajstić information content (AvgIpc) is 2.85. The van der Waals surface area contributed by atoms with E-state index < -0.39 is 28.3 Å². The molecule has 0 aromatic rings. The number of methoxy groups -OCH3 is 3. The Morgan fingerprint density at radius 2 is 0.972 bits per heavy atom. The predicted molar refractivity (Wildman–Crippen MR) is 134 cm³/mol. The Kier molecular flexibility index (Phi) is 20.0. The highest BCUT2D eigenvalue weighted by Gasteiger charge is 2.24. The van der Waals surface area contributed by atoms with Gasteiger partial charge in [0.15, 0.2) is 0 Å². The van der Waals surface area contributed by atoms with Crippen LogP contribution in [0.2, 0.25) is 0 Å². The highest BCUT2D eigenvalue weighted by atomic mass is 32.3. The predicted octanol–water partition coefficient (Wildman–Crippen LogP) is 4.86. The summed E-state index contributed by atoms with van der Waals surface area (Å²) in [6.45, 7) is 0.0336. The van der Waals surface area contributed by atoms with Gasteiger partial charge in [0.05, 0.1) is 39.9 Å². The van der Waals surface area contributed by atoms with Gasteiger partial charge < -0.3 is 14.2 Å². The van der Waals surface area contributed by atoms with Crippen molar-refractivity contribution in [2.24, 2.45) is 0 Å². The van der Waals surface area contributed by atoms with Crippen LogP contribution < -0.4 is 0 Å². The van der Waals surface area contributed by atoms with E-state index in [0.29, 0.717) is 19.3 Å². The minimum atomic E-state index is -4.31. The standard InChI is InChI=1S/C25H44O10S/c1-32-23(26)20-22(25(28)34-3)21(24(27)33-2)18-16-14-12-10-8-6-4-5-7-9-11-13-15-17-19-35-36(29,30)31/h4-20H2,1-3H3,(H,29,30,31)/b22-21-. The normalized spacial score (nSPS) is 12.1. The number of hydrogen-bond donors (Lipinski definition) is 1. The van der Waals surface area contributed by atoms with E-state index in [2.05, 4.69) is 8.92 Å². The van der Waals surface area contributed by atoms with E-state index in [1.165, 1.54) is 53.4 Å². The molecule has 0 aromatic heterocycles. The zero-order valence-corrected chi connectivity index (χ0v) is 22.9. The number of esters is 3. The maximum atomic E-state index is 12.2. The summed E-state index contributed by atoms with van der Waals surface area (Å²) >= 11 is 0. The molecule has 0 aliphatic rings. The molecule has 0 heterocycles. The van der Waals surface area contributed by atoms with Crippen LogP contribution in [-0.4, -0.2) is 58.8 Å². The molecule has 0 spiro atoms. The number of rotatable bonds is 22. The van der Waals surface area contributed by atoms with Crippen molar-refractivity contribution in [3.05, 3.63) is 11.1 Å². The van der Waals surface area contributed by atoms with Crippen molar-refractivity contribution in [3.63, 3.8) is 0 Å². The van der Waals surface area contributed by atoms with Gasteiger partial charge in [-0.15, -0.1) is 0 Å². The fourth-order valence-electron chi connectivity index (χ4n) is 3.83. The monoisotopic (exact) mass is 536 g/mol. The summed E-state index contributed by atoms with van der Waals surface area (Å²) in [5.41, 5.74) is 0.156. The average molecular weight is 537 g/mol. The summed E-state index contributed by atoms with van der Waals surface area (Å²) < 4.78 is 47.7. The zero-order valence-electron chi connectivity index (χ0n) is 22.1. The second-order valence-electron chi connectivity index (χ2n) is 8.64. The van der Waals surface area contributed by atoms with Crippen molar-refractivity contribution in [2.45, 2.75) is 103 Å². The van der Waals surface area contributed by atoms with Crippen molar-refractivity contribution < 1.29 is 45.7 Å². The lowest BCUT2D eigenvalue weighted by molar-refractivity contribution is -0.143. The molecule has 1 N–H and O–H groups in total. The Labute approximate surface area is 216 Å². The maximum absolute atomic E-state index is 12.2. The van der Waals surface area contributed by atoms with Gasteiger partial charge in [0, 0.05) is 5.57 Å². The lowest BCUT2D eigenvalue weighted by Gasteiger charge is -2.12. The molecular weight excluding hydrogens is 492 g/mol. The van der Waals surface area contributed by atoms with Crippen LogP contribution in [0, 0.1) is 0 Å². The van der Waals surface area contributed by atoms with E-state index in [1.54, 1.807) is 0 Å². The molecule has 0 rings (SSSR count). The SMILES string of the molecule is COC(=O)C/C(C(=O)OC)=C(\CCCCCCCCCCCCCCCCOS(=O)(=O)O)C(=O)OC. The van der Waals surface area contributed by atoms with Crippen LogP contribution in [0.15, 0.2) is 11.1 Å². The number of ether oxygens (including phenoxy) is 3. The molecule has 11 heteroatoms. The maximum Gasteiger partial charge on any atom is 0.397 e. The zero-order chi connectivity index (χ0) is 27.2.